The molecule has 0 unspecified atom stereocenters. The second-order valence-electron chi connectivity index (χ2n) is 6.00. The Labute approximate surface area is 144 Å². The Morgan fingerprint density at radius 3 is 2.50 bits per heavy atom. The van der Waals surface area contributed by atoms with Crippen LogP contribution in [0.2, 0.25) is 0 Å². The number of rotatable bonds is 3. The molecular formula is C19H20N2O2S. The van der Waals surface area contributed by atoms with E-state index in [0.29, 0.717) is 17.8 Å². The van der Waals surface area contributed by atoms with E-state index in [2.05, 4.69) is 5.32 Å². The first-order valence-corrected chi connectivity index (χ1v) is 8.75. The average molecular weight is 340 g/mol. The van der Waals surface area contributed by atoms with Gasteiger partial charge in [0.25, 0.3) is 5.91 Å². The van der Waals surface area contributed by atoms with Gasteiger partial charge in [-0.05, 0) is 68.7 Å². The van der Waals surface area contributed by atoms with Crippen LogP contribution in [0.5, 0.6) is 0 Å². The van der Waals surface area contributed by atoms with E-state index in [4.69, 9.17) is 0 Å². The highest BCUT2D eigenvalue weighted by Crippen LogP contribution is 2.23. The molecule has 1 heterocycles. The van der Waals surface area contributed by atoms with Crippen LogP contribution in [0.1, 0.15) is 34.0 Å². The van der Waals surface area contributed by atoms with Crippen LogP contribution in [0.3, 0.4) is 0 Å². The number of carbonyl (C=O) groups is 1. The number of hydrogen-bond donors (Lipinski definition) is 1. The zero-order valence-electron chi connectivity index (χ0n) is 14.3. The number of nitrogens with zero attached hydrogens (tertiary/aromatic N) is 1. The number of aryl methyl sites for hydroxylation is 4. The Kier molecular flexibility index (Phi) is 4.28. The molecule has 0 saturated carbocycles. The number of carbonyl (C=O) groups excluding carboxylic acids is 1. The molecule has 1 amide bonds. The van der Waals surface area contributed by atoms with Crippen molar-refractivity contribution in [1.82, 2.24) is 4.57 Å². The predicted molar refractivity (Wildman–Crippen MR) is 100 cm³/mol. The Hall–Kier alpha value is -2.40. The molecule has 0 spiro atoms. The van der Waals surface area contributed by atoms with Gasteiger partial charge in [0.2, 0.25) is 0 Å². The minimum atomic E-state index is -0.128. The first-order chi connectivity index (χ1) is 11.4. The van der Waals surface area contributed by atoms with Gasteiger partial charge in [0.1, 0.15) is 0 Å². The second-order valence-corrected chi connectivity index (χ2v) is 6.99. The van der Waals surface area contributed by atoms with Crippen molar-refractivity contribution in [2.24, 2.45) is 0 Å². The van der Waals surface area contributed by atoms with Crippen LogP contribution < -0.4 is 10.2 Å². The van der Waals surface area contributed by atoms with Gasteiger partial charge in [-0.15, -0.1) is 0 Å². The lowest BCUT2D eigenvalue weighted by molar-refractivity contribution is 0.102. The fraction of sp³-hybridized carbons (Fsp3) is 0.263. The molecule has 24 heavy (non-hydrogen) atoms. The maximum Gasteiger partial charge on any atom is 0.308 e. The molecule has 4 nitrogen and oxygen atoms in total. The predicted octanol–water partition coefficient (Wildman–Crippen LogP) is 4.26. The second kappa shape index (κ2) is 6.24. The molecule has 0 bridgehead atoms. The van der Waals surface area contributed by atoms with Gasteiger partial charge in [-0.1, -0.05) is 17.4 Å². The lowest BCUT2D eigenvalue weighted by Gasteiger charge is -2.11. The summed E-state index contributed by atoms with van der Waals surface area (Å²) < 4.78 is 2.62. The number of aromatic nitrogens is 1. The van der Waals surface area contributed by atoms with Crippen LogP contribution in [-0.4, -0.2) is 10.5 Å². The summed E-state index contributed by atoms with van der Waals surface area (Å²) in [6.07, 6.45) is 0. The number of anilines is 1. The van der Waals surface area contributed by atoms with Crippen LogP contribution in [0.25, 0.3) is 10.2 Å². The number of hydrogen-bond acceptors (Lipinski definition) is 3. The minimum absolute atomic E-state index is 0.0287. The van der Waals surface area contributed by atoms with Crippen molar-refractivity contribution in [1.29, 1.82) is 0 Å². The first kappa shape index (κ1) is 16.5. The molecule has 0 aliphatic rings. The lowest BCUT2D eigenvalue weighted by atomic mass is 10.0. The molecule has 1 aromatic heterocycles. The maximum atomic E-state index is 12.6. The summed E-state index contributed by atoms with van der Waals surface area (Å²) >= 11 is 1.20. The molecule has 2 aromatic carbocycles. The Morgan fingerprint density at radius 2 is 1.79 bits per heavy atom. The Morgan fingerprint density at radius 1 is 1.08 bits per heavy atom. The van der Waals surface area contributed by atoms with E-state index in [-0.39, 0.29) is 10.8 Å². The van der Waals surface area contributed by atoms with Gasteiger partial charge in [0, 0.05) is 17.8 Å². The fourth-order valence-corrected chi connectivity index (χ4v) is 3.84. The van der Waals surface area contributed by atoms with Crippen LogP contribution in [-0.2, 0) is 6.54 Å². The van der Waals surface area contributed by atoms with Gasteiger partial charge in [0.15, 0.2) is 0 Å². The summed E-state index contributed by atoms with van der Waals surface area (Å²) in [7, 11) is 0. The summed E-state index contributed by atoms with van der Waals surface area (Å²) in [5, 5.41) is 2.94. The third kappa shape index (κ3) is 2.87. The zero-order chi connectivity index (χ0) is 17.4. The third-order valence-electron chi connectivity index (χ3n) is 4.33. The monoisotopic (exact) mass is 340 g/mol. The molecule has 0 radical (unpaired) electrons. The van der Waals surface area contributed by atoms with Gasteiger partial charge in [0.05, 0.1) is 10.2 Å². The summed E-state index contributed by atoms with van der Waals surface area (Å²) in [5.74, 6) is -0.128. The average Bonchev–Trinajstić information content (AvgIpc) is 2.85. The normalized spacial score (nSPS) is 11.0. The molecule has 1 N–H and O–H groups in total. The molecule has 5 heteroatoms. The number of fused-ring (bicyclic) bond motifs is 1. The highest BCUT2D eigenvalue weighted by Gasteiger charge is 2.12. The molecule has 0 saturated heterocycles. The molecule has 0 aliphatic heterocycles. The highest BCUT2D eigenvalue weighted by atomic mass is 32.1. The van der Waals surface area contributed by atoms with Crippen molar-refractivity contribution in [3.63, 3.8) is 0 Å². The van der Waals surface area contributed by atoms with Crippen molar-refractivity contribution >= 4 is 33.1 Å². The van der Waals surface area contributed by atoms with Crippen LogP contribution >= 0.6 is 11.3 Å². The molecule has 3 aromatic rings. The maximum absolute atomic E-state index is 12.6. The number of amides is 1. The van der Waals surface area contributed by atoms with Gasteiger partial charge < -0.3 is 5.32 Å². The van der Waals surface area contributed by atoms with E-state index >= 15 is 0 Å². The summed E-state index contributed by atoms with van der Waals surface area (Å²) in [4.78, 5) is 24.5. The van der Waals surface area contributed by atoms with Crippen molar-refractivity contribution < 1.29 is 4.79 Å². The minimum Gasteiger partial charge on any atom is -0.322 e. The largest absolute Gasteiger partial charge is 0.322 e. The zero-order valence-corrected chi connectivity index (χ0v) is 15.1. The van der Waals surface area contributed by atoms with Gasteiger partial charge >= 0.3 is 4.87 Å². The van der Waals surface area contributed by atoms with E-state index in [1.165, 1.54) is 16.9 Å². The summed E-state index contributed by atoms with van der Waals surface area (Å²) in [5.41, 5.74) is 5.52. The van der Waals surface area contributed by atoms with Crippen molar-refractivity contribution in [2.75, 3.05) is 5.32 Å². The Bertz CT molecular complexity index is 999. The number of nitrogens with one attached hydrogen (secondary N) is 1. The molecule has 0 fully saturated rings. The van der Waals surface area contributed by atoms with E-state index in [9.17, 15) is 9.59 Å². The van der Waals surface area contributed by atoms with Crippen molar-refractivity contribution in [3.8, 4) is 0 Å². The molecule has 0 atom stereocenters. The van der Waals surface area contributed by atoms with Crippen LogP contribution in [0, 0.1) is 20.8 Å². The lowest BCUT2D eigenvalue weighted by Crippen LogP contribution is -2.14. The van der Waals surface area contributed by atoms with Crippen molar-refractivity contribution in [2.45, 2.75) is 34.2 Å². The Balaban J connectivity index is 1.94. The van der Waals surface area contributed by atoms with Gasteiger partial charge in [-0.2, -0.15) is 0 Å². The first-order valence-electron chi connectivity index (χ1n) is 7.93. The van der Waals surface area contributed by atoms with E-state index in [1.807, 2.05) is 58.0 Å². The number of thiazole rings is 1. The standard InChI is InChI=1S/C19H20N2O2S/c1-5-21-16-7-6-14(10-17(16)24-19(21)23)20-18(22)15-9-12(3)11(2)8-13(15)4/h6-10H,5H2,1-4H3,(H,20,22). The van der Waals surface area contributed by atoms with E-state index in [0.717, 1.165) is 21.3 Å². The molecule has 0 aliphatic carbocycles. The smallest absolute Gasteiger partial charge is 0.308 e. The molecule has 124 valence electrons. The topological polar surface area (TPSA) is 51.1 Å². The van der Waals surface area contributed by atoms with Gasteiger partial charge in [-0.25, -0.2) is 0 Å². The van der Waals surface area contributed by atoms with Crippen LogP contribution in [0.15, 0.2) is 35.1 Å². The summed E-state index contributed by atoms with van der Waals surface area (Å²) in [6, 6.07) is 9.54. The quantitative estimate of drug-likeness (QED) is 0.774. The highest BCUT2D eigenvalue weighted by molar-refractivity contribution is 7.16. The summed E-state index contributed by atoms with van der Waals surface area (Å²) in [6.45, 7) is 8.58. The van der Waals surface area contributed by atoms with E-state index < -0.39 is 0 Å². The van der Waals surface area contributed by atoms with E-state index in [1.54, 1.807) is 4.57 Å². The third-order valence-corrected chi connectivity index (χ3v) is 5.27. The molecular weight excluding hydrogens is 320 g/mol. The van der Waals surface area contributed by atoms with Gasteiger partial charge in [-0.3, -0.25) is 14.2 Å². The fourth-order valence-electron chi connectivity index (χ4n) is 2.85. The SMILES string of the molecule is CCn1c(=O)sc2cc(NC(=O)c3cc(C)c(C)cc3C)ccc21. The van der Waals surface area contributed by atoms with Crippen molar-refractivity contribution in [3.05, 3.63) is 62.3 Å². The number of benzene rings is 2. The molecule has 3 rings (SSSR count). The van der Waals surface area contributed by atoms with Crippen LogP contribution in [0.4, 0.5) is 5.69 Å².